The first-order chi connectivity index (χ1) is 32.3. The van der Waals surface area contributed by atoms with Crippen molar-refractivity contribution in [1.29, 1.82) is 0 Å². The highest BCUT2D eigenvalue weighted by atomic mass is 33.1. The maximum atomic E-state index is 13.1. The number of nitrogen functional groups attached to an aromatic ring is 1. The number of benzene rings is 1. The van der Waals surface area contributed by atoms with Crippen molar-refractivity contribution in [3.8, 4) is 0 Å². The van der Waals surface area contributed by atoms with Crippen LogP contribution in [0, 0.1) is 0 Å². The number of aliphatic carboxylic acids is 2. The molecule has 5 rings (SSSR count). The molecule has 0 bridgehead atoms. The fourth-order valence-corrected chi connectivity index (χ4v) is 9.83. The van der Waals surface area contributed by atoms with Gasteiger partial charge in [-0.25, -0.2) is 14.8 Å². The normalized spacial score (nSPS) is 18.7. The summed E-state index contributed by atoms with van der Waals surface area (Å²) >= 11 is 1.02. The van der Waals surface area contributed by atoms with Gasteiger partial charge in [0.05, 0.1) is 30.1 Å². The Labute approximate surface area is 397 Å². The molecule has 7 atom stereocenters. The summed E-state index contributed by atoms with van der Waals surface area (Å²) in [7, 11) is 2.85. The number of hydrogen-bond donors (Lipinski definition) is 11. The van der Waals surface area contributed by atoms with E-state index in [0.29, 0.717) is 22.9 Å². The number of ether oxygens (including phenoxy) is 1. The quantitative estimate of drug-likeness (QED) is 0.0262. The summed E-state index contributed by atoms with van der Waals surface area (Å²) in [6.07, 6.45) is -2.08. The zero-order valence-corrected chi connectivity index (χ0v) is 38.4. The summed E-state index contributed by atoms with van der Waals surface area (Å²) < 4.78 is 5.26. The van der Waals surface area contributed by atoms with E-state index in [0.717, 1.165) is 16.7 Å². The first-order valence-corrected chi connectivity index (χ1v) is 24.1. The Morgan fingerprint density at radius 3 is 2.40 bits per heavy atom. The lowest BCUT2D eigenvalue weighted by Crippen LogP contribution is -2.56. The average molecular weight is 1010 g/mol. The van der Waals surface area contributed by atoms with Crippen molar-refractivity contribution >= 4 is 110 Å². The van der Waals surface area contributed by atoms with Crippen LogP contribution in [0.1, 0.15) is 48.7 Å². The molecule has 2 aliphatic rings. The number of H-pyrrole nitrogens is 1. The van der Waals surface area contributed by atoms with Crippen LogP contribution in [0.4, 0.5) is 11.6 Å². The summed E-state index contributed by atoms with van der Waals surface area (Å²) in [6.45, 7) is 0.571. The molecule has 2 saturated heterocycles. The molecule has 2 aromatic heterocycles. The average Bonchev–Trinajstić information content (AvgIpc) is 3.55. The molecule has 1 aromatic carbocycles. The van der Waals surface area contributed by atoms with Gasteiger partial charge in [-0.05, 0) is 37.6 Å². The number of likely N-dealkylation sites (tertiary alicyclic amines) is 1. The number of thioether (sulfide) groups is 1. The molecule has 26 nitrogen and oxygen atoms in total. The molecule has 366 valence electrons. The smallest absolute Gasteiger partial charge is 0.326 e. The van der Waals surface area contributed by atoms with Crippen LogP contribution in [0.25, 0.3) is 11.2 Å². The first-order valence-electron chi connectivity index (χ1n) is 20.6. The van der Waals surface area contributed by atoms with Gasteiger partial charge < -0.3 is 58.1 Å². The molecule has 0 radical (unpaired) electrons. The van der Waals surface area contributed by atoms with Crippen LogP contribution in [-0.2, 0) is 49.6 Å². The van der Waals surface area contributed by atoms with Crippen molar-refractivity contribution in [3.05, 3.63) is 52.1 Å². The minimum absolute atomic E-state index is 0.00124. The molecule has 29 heteroatoms. The highest BCUT2D eigenvalue weighted by Crippen LogP contribution is 2.31. The van der Waals surface area contributed by atoms with Crippen LogP contribution < -0.4 is 43.6 Å². The van der Waals surface area contributed by atoms with Gasteiger partial charge >= 0.3 is 17.9 Å². The molecular formula is C39H48N12O14S3. The monoisotopic (exact) mass is 1000 g/mol. The van der Waals surface area contributed by atoms with Crippen molar-refractivity contribution in [2.75, 3.05) is 41.4 Å². The van der Waals surface area contributed by atoms with E-state index in [2.05, 4.69) is 46.5 Å². The van der Waals surface area contributed by atoms with E-state index in [1.165, 1.54) is 39.9 Å². The zero-order valence-electron chi connectivity index (χ0n) is 36.0. The van der Waals surface area contributed by atoms with Crippen LogP contribution in [-0.4, -0.2) is 165 Å². The standard InChI is InChI=1S/C39H48N12O14S3/c1-17(14-66-26-9-28(54)51(37(26)62)13-30(57)65-25-16-68-67-15-24(25)52)45-35(60)23(8-29(55)56)48-34(59)21(40)12-43-27(53)7-6-22(38(63)64)47-33(58)18-2-4-19(5-3-18)42-10-20-11-44-32-31(46-20)36(61)50-39(41)49-32/h2-5,11,17,21-26,42,52H,6-10,12-16,40H2,1H3,(H,43,53)(H,45,60)(H,47,58)(H,48,59)(H,55,56)(H,63,64)(H3,41,44,49,50,61)/t17-,21+,22+,23+,24-,25-,26?/m0/s1. The van der Waals surface area contributed by atoms with Gasteiger partial charge in [0.2, 0.25) is 35.5 Å². The fourth-order valence-electron chi connectivity index (χ4n) is 6.32. The van der Waals surface area contributed by atoms with Crippen LogP contribution >= 0.6 is 33.3 Å². The summed E-state index contributed by atoms with van der Waals surface area (Å²) in [5, 5.41) is 40.9. The number of carbonyl (C=O) groups excluding carboxylic acids is 7. The predicted molar refractivity (Wildman–Crippen MR) is 245 cm³/mol. The van der Waals surface area contributed by atoms with Crippen LogP contribution in [0.3, 0.4) is 0 Å². The van der Waals surface area contributed by atoms with Gasteiger partial charge in [0, 0.05) is 53.9 Å². The molecule has 0 aliphatic carbocycles. The number of nitrogens with two attached hydrogens (primary N) is 2. The highest BCUT2D eigenvalue weighted by Gasteiger charge is 2.41. The van der Waals surface area contributed by atoms with Gasteiger partial charge in [-0.2, -0.15) is 4.98 Å². The third-order valence-electron chi connectivity index (χ3n) is 9.93. The van der Waals surface area contributed by atoms with Crippen molar-refractivity contribution in [3.63, 3.8) is 0 Å². The minimum Gasteiger partial charge on any atom is -0.481 e. The van der Waals surface area contributed by atoms with Gasteiger partial charge in [0.1, 0.15) is 36.9 Å². The number of rotatable bonds is 23. The Kier molecular flexibility index (Phi) is 18.9. The van der Waals surface area contributed by atoms with E-state index in [1.807, 2.05) is 0 Å². The lowest BCUT2D eigenvalue weighted by molar-refractivity contribution is -0.158. The number of carbonyl (C=O) groups is 9. The molecule has 4 heterocycles. The Bertz CT molecular complexity index is 2470. The number of hydrogen-bond acceptors (Lipinski definition) is 21. The van der Waals surface area contributed by atoms with Crippen molar-refractivity contribution in [2.24, 2.45) is 5.73 Å². The maximum absolute atomic E-state index is 13.1. The number of nitrogens with zero attached hydrogens (tertiary/aromatic N) is 4. The van der Waals surface area contributed by atoms with E-state index < -0.39 is 126 Å². The zero-order chi connectivity index (χ0) is 49.7. The second-order valence-electron chi connectivity index (χ2n) is 15.3. The number of fused-ring (bicyclic) bond motifs is 1. The van der Waals surface area contributed by atoms with Gasteiger partial charge in [-0.15, -0.1) is 11.8 Å². The van der Waals surface area contributed by atoms with Crippen LogP contribution in [0.5, 0.6) is 0 Å². The molecule has 13 N–H and O–H groups in total. The molecular weight excluding hydrogens is 957 g/mol. The third-order valence-corrected chi connectivity index (χ3v) is 13.8. The highest BCUT2D eigenvalue weighted by molar-refractivity contribution is 8.76. The molecule has 68 heavy (non-hydrogen) atoms. The molecule has 3 aromatic rings. The Morgan fingerprint density at radius 2 is 1.71 bits per heavy atom. The molecule has 2 aliphatic heterocycles. The van der Waals surface area contributed by atoms with E-state index in [9.17, 15) is 63.3 Å². The van der Waals surface area contributed by atoms with Crippen molar-refractivity contribution in [2.45, 2.75) is 80.8 Å². The van der Waals surface area contributed by atoms with Crippen LogP contribution in [0.2, 0.25) is 0 Å². The lowest BCUT2D eigenvalue weighted by Gasteiger charge is -2.27. The molecule has 0 saturated carbocycles. The third kappa shape index (κ3) is 15.2. The second-order valence-corrected chi connectivity index (χ2v) is 19.1. The largest absolute Gasteiger partial charge is 0.481 e. The molecule has 0 spiro atoms. The molecule has 1 unspecified atom stereocenters. The van der Waals surface area contributed by atoms with Gasteiger partial charge in [-0.1, -0.05) is 21.6 Å². The number of esters is 1. The SMILES string of the molecule is C[C@@H](CSC1CC(=O)N(CC(=O)O[C@H]2CSSC[C@@H]2O)C1=O)NC(=O)[C@@H](CC(=O)O)NC(=O)[C@H](N)CNC(=O)CC[C@@H](NC(=O)c1ccc(NCc2cnc3nc(N)[nH]c(=O)c3n2)cc1)C(=O)O. The number of amides is 6. The van der Waals surface area contributed by atoms with Gasteiger partial charge in [0.15, 0.2) is 11.2 Å². The van der Waals surface area contributed by atoms with Crippen molar-refractivity contribution < 1.29 is 63.2 Å². The number of aromatic amines is 1. The number of nitrogens with one attached hydrogen (secondary N) is 6. The first kappa shape index (κ1) is 52.4. The summed E-state index contributed by atoms with van der Waals surface area (Å²) in [4.78, 5) is 141. The number of aliphatic hydroxyl groups excluding tert-OH is 1. The topological polar surface area (TPSA) is 411 Å². The number of aliphatic hydroxyl groups is 1. The molecule has 2 fully saturated rings. The van der Waals surface area contributed by atoms with E-state index >= 15 is 0 Å². The number of anilines is 2. The van der Waals surface area contributed by atoms with Crippen molar-refractivity contribution in [1.82, 2.24) is 46.1 Å². The Morgan fingerprint density at radius 1 is 0.985 bits per heavy atom. The Balaban J connectivity index is 1.01. The summed E-state index contributed by atoms with van der Waals surface area (Å²) in [5.74, 6) is -7.67. The fraction of sp³-hybridized carbons (Fsp3) is 0.462. The maximum Gasteiger partial charge on any atom is 0.326 e. The minimum atomic E-state index is -1.62. The van der Waals surface area contributed by atoms with Gasteiger partial charge in [-0.3, -0.25) is 53.0 Å². The molecule has 6 amide bonds. The second kappa shape index (κ2) is 24.5. The van der Waals surface area contributed by atoms with Crippen LogP contribution in [0.15, 0.2) is 35.3 Å². The van der Waals surface area contributed by atoms with Gasteiger partial charge in [0.25, 0.3) is 11.5 Å². The number of carboxylic acids is 2. The lowest BCUT2D eigenvalue weighted by atomic mass is 10.1. The predicted octanol–water partition coefficient (Wildman–Crippen LogP) is -2.69. The number of imide groups is 1. The van der Waals surface area contributed by atoms with E-state index in [-0.39, 0.29) is 47.8 Å². The number of carboxylic acid groups (broad SMARTS) is 2. The summed E-state index contributed by atoms with van der Waals surface area (Å²) in [5.41, 5.74) is 12.0. The van der Waals surface area contributed by atoms with E-state index in [4.69, 9.17) is 16.2 Å². The summed E-state index contributed by atoms with van der Waals surface area (Å²) in [6, 6.07) is 0.650. The van der Waals surface area contributed by atoms with E-state index in [1.54, 1.807) is 19.1 Å². The Hall–Kier alpha value is -6.56. The number of aromatic nitrogens is 4.